The van der Waals surface area contributed by atoms with Crippen LogP contribution in [0, 0.1) is 5.41 Å². The fourth-order valence-corrected chi connectivity index (χ4v) is 2.95. The van der Waals surface area contributed by atoms with Gasteiger partial charge in [0.05, 0.1) is 0 Å². The molecule has 0 heterocycles. The van der Waals surface area contributed by atoms with Crippen molar-refractivity contribution in [3.63, 3.8) is 0 Å². The molecule has 0 aliphatic heterocycles. The van der Waals surface area contributed by atoms with E-state index in [2.05, 4.69) is 30.8 Å². The Labute approximate surface area is 107 Å². The summed E-state index contributed by atoms with van der Waals surface area (Å²) in [6.07, 6.45) is 6.68. The van der Waals surface area contributed by atoms with E-state index >= 15 is 0 Å². The number of nitrogens with two attached hydrogens (primary N) is 1. The van der Waals surface area contributed by atoms with Gasteiger partial charge in [0.15, 0.2) is 0 Å². The van der Waals surface area contributed by atoms with Crippen LogP contribution in [0.3, 0.4) is 0 Å². The van der Waals surface area contributed by atoms with Gasteiger partial charge < -0.3 is 15.5 Å². The molecule has 0 aromatic heterocycles. The van der Waals surface area contributed by atoms with Crippen LogP contribution < -0.4 is 5.73 Å². The Morgan fingerprint density at radius 2 is 1.71 bits per heavy atom. The molecule has 0 aromatic carbocycles. The van der Waals surface area contributed by atoms with E-state index in [0.29, 0.717) is 5.41 Å². The molecule has 3 nitrogen and oxygen atoms in total. The first-order valence-electron chi connectivity index (χ1n) is 7.19. The molecule has 3 heteroatoms. The molecule has 0 atom stereocenters. The fraction of sp³-hybridized carbons (Fsp3) is 1.00. The van der Waals surface area contributed by atoms with E-state index in [1.165, 1.54) is 51.7 Å². The Hall–Kier alpha value is -0.120. The topological polar surface area (TPSA) is 32.5 Å². The minimum Gasteiger partial charge on any atom is -0.330 e. The van der Waals surface area contributed by atoms with Gasteiger partial charge in [-0.15, -0.1) is 0 Å². The lowest BCUT2D eigenvalue weighted by molar-refractivity contribution is 0.148. The summed E-state index contributed by atoms with van der Waals surface area (Å²) in [5, 5.41) is 0. The molecule has 0 unspecified atom stereocenters. The monoisotopic (exact) mass is 241 g/mol. The zero-order valence-electron chi connectivity index (χ0n) is 12.0. The van der Waals surface area contributed by atoms with Gasteiger partial charge in [0.1, 0.15) is 0 Å². The van der Waals surface area contributed by atoms with E-state index in [-0.39, 0.29) is 0 Å². The SMILES string of the molecule is CCCN(CCN(C)C)CC1(CN)CCCC1. The number of nitrogens with zero attached hydrogens (tertiary/aromatic N) is 2. The van der Waals surface area contributed by atoms with Crippen LogP contribution in [0.1, 0.15) is 39.0 Å². The van der Waals surface area contributed by atoms with E-state index in [1.54, 1.807) is 0 Å². The number of rotatable bonds is 8. The van der Waals surface area contributed by atoms with Gasteiger partial charge in [-0.3, -0.25) is 0 Å². The molecule has 1 aliphatic carbocycles. The number of likely N-dealkylation sites (N-methyl/N-ethyl adjacent to an activating group) is 1. The first-order valence-corrected chi connectivity index (χ1v) is 7.19. The van der Waals surface area contributed by atoms with E-state index in [9.17, 15) is 0 Å². The van der Waals surface area contributed by atoms with Gasteiger partial charge in [-0.25, -0.2) is 0 Å². The molecule has 0 bridgehead atoms. The van der Waals surface area contributed by atoms with Gasteiger partial charge in [-0.05, 0) is 51.9 Å². The van der Waals surface area contributed by atoms with Crippen molar-refractivity contribution in [2.45, 2.75) is 39.0 Å². The Balaban J connectivity index is 2.46. The fourth-order valence-electron chi connectivity index (χ4n) is 2.95. The normalized spacial score (nSPS) is 19.4. The lowest BCUT2D eigenvalue weighted by atomic mass is 9.85. The van der Waals surface area contributed by atoms with Crippen molar-refractivity contribution in [1.82, 2.24) is 9.80 Å². The second-order valence-corrected chi connectivity index (χ2v) is 5.99. The Morgan fingerprint density at radius 1 is 1.06 bits per heavy atom. The number of hydrogen-bond acceptors (Lipinski definition) is 3. The average Bonchev–Trinajstić information content (AvgIpc) is 2.75. The van der Waals surface area contributed by atoms with Crippen molar-refractivity contribution in [3.05, 3.63) is 0 Å². The molecular weight excluding hydrogens is 210 g/mol. The van der Waals surface area contributed by atoms with Crippen molar-refractivity contribution >= 4 is 0 Å². The Morgan fingerprint density at radius 3 is 2.18 bits per heavy atom. The zero-order chi connectivity index (χ0) is 12.7. The summed E-state index contributed by atoms with van der Waals surface area (Å²) in [6.45, 7) is 7.91. The Bertz CT molecular complexity index is 198. The highest BCUT2D eigenvalue weighted by Gasteiger charge is 2.33. The average molecular weight is 241 g/mol. The van der Waals surface area contributed by atoms with Crippen molar-refractivity contribution in [2.75, 3.05) is 46.8 Å². The van der Waals surface area contributed by atoms with Gasteiger partial charge in [0.2, 0.25) is 0 Å². The first kappa shape index (κ1) is 14.9. The molecule has 0 radical (unpaired) electrons. The van der Waals surface area contributed by atoms with Crippen LogP contribution in [0.25, 0.3) is 0 Å². The van der Waals surface area contributed by atoms with Crippen LogP contribution in [-0.2, 0) is 0 Å². The third kappa shape index (κ3) is 4.94. The molecule has 1 saturated carbocycles. The lowest BCUT2D eigenvalue weighted by Gasteiger charge is -2.35. The summed E-state index contributed by atoms with van der Waals surface area (Å²) in [6, 6.07) is 0. The van der Waals surface area contributed by atoms with Crippen LogP contribution in [-0.4, -0.2) is 56.6 Å². The number of hydrogen-bond donors (Lipinski definition) is 1. The quantitative estimate of drug-likeness (QED) is 0.703. The summed E-state index contributed by atoms with van der Waals surface area (Å²) in [5.41, 5.74) is 6.46. The maximum Gasteiger partial charge on any atom is 0.0109 e. The van der Waals surface area contributed by atoms with E-state index < -0.39 is 0 Å². The Kier molecular flexibility index (Phi) is 6.45. The van der Waals surface area contributed by atoms with Gasteiger partial charge in [-0.1, -0.05) is 19.8 Å². The van der Waals surface area contributed by atoms with E-state index in [1.807, 2.05) is 0 Å². The lowest BCUT2D eigenvalue weighted by Crippen LogP contribution is -2.43. The highest BCUT2D eigenvalue weighted by atomic mass is 15.2. The van der Waals surface area contributed by atoms with Crippen LogP contribution in [0.2, 0.25) is 0 Å². The molecule has 2 N–H and O–H groups in total. The highest BCUT2D eigenvalue weighted by molar-refractivity contribution is 4.88. The molecule has 1 aliphatic rings. The maximum atomic E-state index is 6.03. The van der Waals surface area contributed by atoms with E-state index in [0.717, 1.165) is 13.1 Å². The summed E-state index contributed by atoms with van der Waals surface area (Å²) in [4.78, 5) is 4.89. The minimum atomic E-state index is 0.432. The standard InChI is InChI=1S/C14H31N3/c1-4-9-17(11-10-16(2)3)13-14(12-15)7-5-6-8-14/h4-13,15H2,1-3H3. The van der Waals surface area contributed by atoms with Gasteiger partial charge >= 0.3 is 0 Å². The van der Waals surface area contributed by atoms with Crippen LogP contribution in [0.15, 0.2) is 0 Å². The molecule has 0 spiro atoms. The zero-order valence-corrected chi connectivity index (χ0v) is 12.0. The predicted octanol–water partition coefficient (Wildman–Crippen LogP) is 1.78. The second-order valence-electron chi connectivity index (χ2n) is 5.99. The first-order chi connectivity index (χ1) is 8.12. The predicted molar refractivity (Wildman–Crippen MR) is 75.2 cm³/mol. The summed E-state index contributed by atoms with van der Waals surface area (Å²) < 4.78 is 0. The summed E-state index contributed by atoms with van der Waals surface area (Å²) in [7, 11) is 4.30. The summed E-state index contributed by atoms with van der Waals surface area (Å²) in [5.74, 6) is 0. The van der Waals surface area contributed by atoms with Crippen molar-refractivity contribution in [3.8, 4) is 0 Å². The molecule has 17 heavy (non-hydrogen) atoms. The third-order valence-electron chi connectivity index (χ3n) is 4.06. The largest absolute Gasteiger partial charge is 0.330 e. The smallest absolute Gasteiger partial charge is 0.0109 e. The molecule has 1 fully saturated rings. The summed E-state index contributed by atoms with van der Waals surface area (Å²) >= 11 is 0. The van der Waals surface area contributed by atoms with Gasteiger partial charge in [-0.2, -0.15) is 0 Å². The molecule has 0 saturated heterocycles. The van der Waals surface area contributed by atoms with Crippen LogP contribution in [0.4, 0.5) is 0 Å². The molecule has 102 valence electrons. The van der Waals surface area contributed by atoms with Gasteiger partial charge in [0, 0.05) is 19.6 Å². The van der Waals surface area contributed by atoms with E-state index in [4.69, 9.17) is 5.73 Å². The molecule has 0 aromatic rings. The minimum absolute atomic E-state index is 0.432. The van der Waals surface area contributed by atoms with Crippen molar-refractivity contribution < 1.29 is 0 Å². The van der Waals surface area contributed by atoms with Crippen molar-refractivity contribution in [1.29, 1.82) is 0 Å². The van der Waals surface area contributed by atoms with Crippen LogP contribution >= 0.6 is 0 Å². The maximum absolute atomic E-state index is 6.03. The second kappa shape index (κ2) is 7.34. The van der Waals surface area contributed by atoms with Crippen molar-refractivity contribution in [2.24, 2.45) is 11.1 Å². The van der Waals surface area contributed by atoms with Crippen LogP contribution in [0.5, 0.6) is 0 Å². The molecular formula is C14H31N3. The highest BCUT2D eigenvalue weighted by Crippen LogP contribution is 2.37. The van der Waals surface area contributed by atoms with Gasteiger partial charge in [0.25, 0.3) is 0 Å². The molecule has 0 amide bonds. The molecule has 1 rings (SSSR count). The third-order valence-corrected chi connectivity index (χ3v) is 4.06.